The second-order valence-electron chi connectivity index (χ2n) is 4.22. The molecule has 0 aromatic heterocycles. The van der Waals surface area contributed by atoms with Gasteiger partial charge in [0, 0.05) is 14.1 Å². The normalized spacial score (nSPS) is 10.4. The predicted molar refractivity (Wildman–Crippen MR) is 77.7 cm³/mol. The minimum absolute atomic E-state index is 0.422. The summed E-state index contributed by atoms with van der Waals surface area (Å²) >= 11 is 0. The first kappa shape index (κ1) is 15.8. The van der Waals surface area contributed by atoms with Crippen molar-refractivity contribution in [2.24, 2.45) is 0 Å². The van der Waals surface area contributed by atoms with Crippen LogP contribution in [0.2, 0.25) is 0 Å². The van der Waals surface area contributed by atoms with Crippen molar-refractivity contribution in [3.05, 3.63) is 29.5 Å². The van der Waals surface area contributed by atoms with Gasteiger partial charge in [-0.1, -0.05) is 0 Å². The lowest BCUT2D eigenvalue weighted by atomic mass is 10.1. The molecule has 6 nitrogen and oxygen atoms in total. The number of esters is 1. The zero-order chi connectivity index (χ0) is 15.1. The largest absolute Gasteiger partial charge is 0.494 e. The Kier molecular flexibility index (Phi) is 5.86. The fourth-order valence-electron chi connectivity index (χ4n) is 1.61. The third-order valence-electron chi connectivity index (χ3n) is 2.54. The SMILES string of the molecule is CONc1cc(C(=O)OC)c(/C=C/N(C)C)cc1OC. The quantitative estimate of drug-likeness (QED) is 0.635. The van der Waals surface area contributed by atoms with E-state index in [9.17, 15) is 4.79 Å². The number of nitrogens with one attached hydrogen (secondary N) is 1. The molecule has 1 N–H and O–H groups in total. The molecule has 110 valence electrons. The number of hydrogen-bond acceptors (Lipinski definition) is 6. The Hall–Kier alpha value is -2.21. The van der Waals surface area contributed by atoms with Gasteiger partial charge in [-0.25, -0.2) is 4.79 Å². The first-order valence-electron chi connectivity index (χ1n) is 5.97. The minimum Gasteiger partial charge on any atom is -0.494 e. The first-order valence-corrected chi connectivity index (χ1v) is 5.97. The maximum atomic E-state index is 11.9. The van der Waals surface area contributed by atoms with Gasteiger partial charge >= 0.3 is 5.97 Å². The van der Waals surface area contributed by atoms with Gasteiger partial charge in [0.15, 0.2) is 0 Å². The summed E-state index contributed by atoms with van der Waals surface area (Å²) < 4.78 is 10.1. The molecule has 0 unspecified atom stereocenters. The van der Waals surface area contributed by atoms with Crippen molar-refractivity contribution in [1.82, 2.24) is 4.90 Å². The molecule has 20 heavy (non-hydrogen) atoms. The van der Waals surface area contributed by atoms with Gasteiger partial charge in [-0.15, -0.1) is 0 Å². The Labute approximate surface area is 118 Å². The summed E-state index contributed by atoms with van der Waals surface area (Å²) in [6.07, 6.45) is 3.65. The molecule has 0 aliphatic carbocycles. The minimum atomic E-state index is -0.426. The van der Waals surface area contributed by atoms with Crippen molar-refractivity contribution in [2.45, 2.75) is 0 Å². The molecular formula is C14H20N2O4. The summed E-state index contributed by atoms with van der Waals surface area (Å²) in [5, 5.41) is 0. The molecule has 1 rings (SSSR count). The average Bonchev–Trinajstić information content (AvgIpc) is 2.44. The van der Waals surface area contributed by atoms with Crippen LogP contribution in [0.3, 0.4) is 0 Å². The van der Waals surface area contributed by atoms with Crippen LogP contribution < -0.4 is 10.2 Å². The monoisotopic (exact) mass is 280 g/mol. The number of methoxy groups -OCH3 is 2. The first-order chi connectivity index (χ1) is 9.53. The van der Waals surface area contributed by atoms with E-state index in [1.165, 1.54) is 14.2 Å². The Bertz CT molecular complexity index is 498. The molecule has 0 spiro atoms. The Balaban J connectivity index is 3.34. The van der Waals surface area contributed by atoms with Crippen LogP contribution in [-0.2, 0) is 9.57 Å². The summed E-state index contributed by atoms with van der Waals surface area (Å²) in [6, 6.07) is 3.37. The van der Waals surface area contributed by atoms with E-state index in [-0.39, 0.29) is 0 Å². The van der Waals surface area contributed by atoms with Crippen LogP contribution in [0.25, 0.3) is 6.08 Å². The number of nitrogens with zero attached hydrogens (tertiary/aromatic N) is 1. The van der Waals surface area contributed by atoms with E-state index in [0.29, 0.717) is 22.6 Å². The smallest absolute Gasteiger partial charge is 0.338 e. The lowest BCUT2D eigenvalue weighted by Crippen LogP contribution is -2.08. The predicted octanol–water partition coefficient (Wildman–Crippen LogP) is 1.99. The fraction of sp³-hybridized carbons (Fsp3) is 0.357. The Morgan fingerprint density at radius 3 is 2.45 bits per heavy atom. The summed E-state index contributed by atoms with van der Waals surface area (Å²) in [5.41, 5.74) is 4.34. The molecule has 0 aliphatic rings. The van der Waals surface area contributed by atoms with Crippen molar-refractivity contribution >= 4 is 17.7 Å². The number of anilines is 1. The van der Waals surface area contributed by atoms with Gasteiger partial charge < -0.3 is 14.4 Å². The third-order valence-corrected chi connectivity index (χ3v) is 2.54. The molecule has 0 bridgehead atoms. The highest BCUT2D eigenvalue weighted by molar-refractivity contribution is 5.95. The van der Waals surface area contributed by atoms with Crippen molar-refractivity contribution < 1.29 is 19.1 Å². The lowest BCUT2D eigenvalue weighted by molar-refractivity contribution is 0.0600. The van der Waals surface area contributed by atoms with Crippen molar-refractivity contribution in [3.8, 4) is 5.75 Å². The van der Waals surface area contributed by atoms with Gasteiger partial charge in [0.05, 0.1) is 26.9 Å². The number of rotatable bonds is 6. The van der Waals surface area contributed by atoms with Crippen molar-refractivity contribution in [2.75, 3.05) is 40.9 Å². The van der Waals surface area contributed by atoms with Crippen molar-refractivity contribution in [3.63, 3.8) is 0 Å². The van der Waals surface area contributed by atoms with E-state index in [1.54, 1.807) is 19.2 Å². The van der Waals surface area contributed by atoms with E-state index >= 15 is 0 Å². The summed E-state index contributed by atoms with van der Waals surface area (Å²) in [5.74, 6) is 0.142. The molecule has 0 aliphatic heterocycles. The molecule has 6 heteroatoms. The van der Waals surface area contributed by atoms with Crippen LogP contribution in [0.4, 0.5) is 5.69 Å². The highest BCUT2D eigenvalue weighted by Gasteiger charge is 2.15. The fourth-order valence-corrected chi connectivity index (χ4v) is 1.61. The van der Waals surface area contributed by atoms with Crippen LogP contribution >= 0.6 is 0 Å². The van der Waals surface area contributed by atoms with E-state index in [4.69, 9.17) is 14.3 Å². The Morgan fingerprint density at radius 2 is 1.95 bits per heavy atom. The number of ether oxygens (including phenoxy) is 2. The van der Waals surface area contributed by atoms with Crippen LogP contribution in [0, 0.1) is 0 Å². The number of benzene rings is 1. The summed E-state index contributed by atoms with van der Waals surface area (Å²) in [4.78, 5) is 18.6. The highest BCUT2D eigenvalue weighted by atomic mass is 16.6. The maximum Gasteiger partial charge on any atom is 0.338 e. The number of carbonyl (C=O) groups excluding carboxylic acids is 1. The van der Waals surface area contributed by atoms with Gasteiger partial charge in [0.25, 0.3) is 0 Å². The molecule has 0 saturated heterocycles. The average molecular weight is 280 g/mol. The molecule has 0 atom stereocenters. The van der Waals surface area contributed by atoms with E-state index in [1.807, 2.05) is 31.3 Å². The third kappa shape index (κ3) is 3.89. The van der Waals surface area contributed by atoms with Gasteiger partial charge in [-0.3, -0.25) is 10.3 Å². The molecule has 0 radical (unpaired) electrons. The van der Waals surface area contributed by atoms with Gasteiger partial charge in [0.2, 0.25) is 0 Å². The molecule has 1 aromatic rings. The van der Waals surface area contributed by atoms with E-state index < -0.39 is 5.97 Å². The molecule has 0 saturated carbocycles. The van der Waals surface area contributed by atoms with E-state index in [0.717, 1.165) is 0 Å². The van der Waals surface area contributed by atoms with E-state index in [2.05, 4.69) is 5.48 Å². The molecule has 1 aromatic carbocycles. The second kappa shape index (κ2) is 7.40. The Morgan fingerprint density at radius 1 is 1.25 bits per heavy atom. The van der Waals surface area contributed by atoms with Gasteiger partial charge in [0.1, 0.15) is 11.4 Å². The van der Waals surface area contributed by atoms with Crippen LogP contribution in [-0.4, -0.2) is 46.3 Å². The summed E-state index contributed by atoms with van der Waals surface area (Å²) in [6.45, 7) is 0. The highest BCUT2D eigenvalue weighted by Crippen LogP contribution is 2.29. The molecular weight excluding hydrogens is 260 g/mol. The van der Waals surface area contributed by atoms with Gasteiger partial charge in [-0.2, -0.15) is 0 Å². The molecule has 0 fully saturated rings. The standard InChI is InChI=1S/C14H20N2O4/c1-16(2)7-6-10-8-13(18-3)12(15-20-5)9-11(10)14(17)19-4/h6-9,15H,1-5H3/b7-6+. The van der Waals surface area contributed by atoms with Crippen molar-refractivity contribution in [1.29, 1.82) is 0 Å². The summed E-state index contributed by atoms with van der Waals surface area (Å²) in [7, 11) is 8.17. The lowest BCUT2D eigenvalue weighted by Gasteiger charge is -2.13. The number of hydrogen-bond donors (Lipinski definition) is 1. The topological polar surface area (TPSA) is 60.0 Å². The number of carbonyl (C=O) groups is 1. The zero-order valence-electron chi connectivity index (χ0n) is 12.4. The van der Waals surface area contributed by atoms with Crippen LogP contribution in [0.1, 0.15) is 15.9 Å². The molecule has 0 amide bonds. The zero-order valence-corrected chi connectivity index (χ0v) is 12.4. The van der Waals surface area contributed by atoms with Gasteiger partial charge in [-0.05, 0) is 30.0 Å². The maximum absolute atomic E-state index is 11.9. The second-order valence-corrected chi connectivity index (χ2v) is 4.22. The molecule has 0 heterocycles. The van der Waals surface area contributed by atoms with Crippen LogP contribution in [0.15, 0.2) is 18.3 Å². The van der Waals surface area contributed by atoms with Crippen LogP contribution in [0.5, 0.6) is 5.75 Å².